The molecule has 0 amide bonds. The lowest BCUT2D eigenvalue weighted by Crippen LogP contribution is -2.26. The second-order valence-electron chi connectivity index (χ2n) is 5.68. The van der Waals surface area contributed by atoms with Crippen LogP contribution >= 0.6 is 23.2 Å². The summed E-state index contributed by atoms with van der Waals surface area (Å²) in [6.07, 6.45) is 1.53. The molecule has 1 aromatic heterocycles. The molecule has 0 radical (unpaired) electrons. The number of benzene rings is 2. The SMILES string of the molecule is CN1N=C(c2c(Cl)cccc2Cl)Oc2cnc(Nc3cccc(O)c3)nc21. The third-order valence-electron chi connectivity index (χ3n) is 3.77. The predicted octanol–water partition coefficient (Wildman–Crippen LogP) is 4.42. The zero-order valence-electron chi connectivity index (χ0n) is 14.0. The van der Waals surface area contributed by atoms with Crippen molar-refractivity contribution in [3.8, 4) is 11.5 Å². The summed E-state index contributed by atoms with van der Waals surface area (Å²) in [7, 11) is 1.73. The lowest BCUT2D eigenvalue weighted by molar-refractivity contribution is 0.475. The van der Waals surface area contributed by atoms with Crippen LogP contribution in [0.25, 0.3) is 0 Å². The van der Waals surface area contributed by atoms with Gasteiger partial charge in [0.25, 0.3) is 0 Å². The highest BCUT2D eigenvalue weighted by Gasteiger charge is 2.25. The number of phenolic OH excluding ortho intramolecular Hbond substituents is 1. The minimum absolute atomic E-state index is 0.143. The third kappa shape index (κ3) is 3.47. The Balaban J connectivity index is 1.65. The largest absolute Gasteiger partial charge is 0.508 e. The molecule has 2 aromatic carbocycles. The van der Waals surface area contributed by atoms with Crippen molar-refractivity contribution in [2.75, 3.05) is 17.4 Å². The second-order valence-corrected chi connectivity index (χ2v) is 6.50. The van der Waals surface area contributed by atoms with Crippen molar-refractivity contribution in [2.45, 2.75) is 0 Å². The molecule has 0 fully saturated rings. The van der Waals surface area contributed by atoms with Crippen molar-refractivity contribution in [3.05, 3.63) is 64.3 Å². The number of hydrogen-bond acceptors (Lipinski definition) is 7. The minimum atomic E-state index is 0.143. The van der Waals surface area contributed by atoms with E-state index in [1.807, 2.05) is 0 Å². The number of aromatic nitrogens is 2. The first-order valence-corrected chi connectivity index (χ1v) is 8.64. The summed E-state index contributed by atoms with van der Waals surface area (Å²) in [5, 5.41) is 19.4. The lowest BCUT2D eigenvalue weighted by Gasteiger charge is -2.24. The third-order valence-corrected chi connectivity index (χ3v) is 4.40. The van der Waals surface area contributed by atoms with Crippen LogP contribution in [0.1, 0.15) is 5.56 Å². The number of hydrogen-bond donors (Lipinski definition) is 2. The summed E-state index contributed by atoms with van der Waals surface area (Å²) in [6, 6.07) is 11.8. The van der Waals surface area contributed by atoms with Gasteiger partial charge in [-0.15, -0.1) is 5.10 Å². The molecule has 136 valence electrons. The van der Waals surface area contributed by atoms with Crippen LogP contribution < -0.4 is 15.1 Å². The molecular formula is C18H13Cl2N5O2. The van der Waals surface area contributed by atoms with E-state index < -0.39 is 0 Å². The van der Waals surface area contributed by atoms with Gasteiger partial charge in [-0.2, -0.15) is 4.98 Å². The smallest absolute Gasteiger partial charge is 0.247 e. The van der Waals surface area contributed by atoms with Crippen molar-refractivity contribution in [1.29, 1.82) is 0 Å². The molecule has 0 spiro atoms. The number of fused-ring (bicyclic) bond motifs is 1. The van der Waals surface area contributed by atoms with E-state index in [9.17, 15) is 5.11 Å². The van der Waals surface area contributed by atoms with Crippen molar-refractivity contribution in [2.24, 2.45) is 5.10 Å². The number of rotatable bonds is 3. The number of phenols is 1. The average molecular weight is 402 g/mol. The molecule has 2 N–H and O–H groups in total. The van der Waals surface area contributed by atoms with Gasteiger partial charge in [-0.25, -0.2) is 9.99 Å². The molecule has 0 saturated carbocycles. The van der Waals surface area contributed by atoms with Crippen LogP contribution in [0.3, 0.4) is 0 Å². The fraction of sp³-hybridized carbons (Fsp3) is 0.0556. The number of anilines is 3. The van der Waals surface area contributed by atoms with E-state index in [0.29, 0.717) is 38.8 Å². The first-order chi connectivity index (χ1) is 13.0. The van der Waals surface area contributed by atoms with Gasteiger partial charge in [-0.05, 0) is 24.3 Å². The number of nitrogens with one attached hydrogen (secondary N) is 1. The Morgan fingerprint density at radius 3 is 2.59 bits per heavy atom. The highest BCUT2D eigenvalue weighted by Crippen LogP contribution is 2.34. The Labute approximate surface area is 164 Å². The molecular weight excluding hydrogens is 389 g/mol. The molecule has 1 aliphatic heterocycles. The van der Waals surface area contributed by atoms with Crippen LogP contribution in [-0.4, -0.2) is 28.0 Å². The molecule has 0 atom stereocenters. The topological polar surface area (TPSA) is 82.9 Å². The van der Waals surface area contributed by atoms with Crippen LogP contribution in [-0.2, 0) is 0 Å². The monoisotopic (exact) mass is 401 g/mol. The number of ether oxygens (including phenoxy) is 1. The fourth-order valence-corrected chi connectivity index (χ4v) is 3.11. The molecule has 1 aliphatic rings. The maximum absolute atomic E-state index is 9.56. The Bertz CT molecular complexity index is 1040. The Hall–Kier alpha value is -3.03. The first kappa shape index (κ1) is 17.4. The summed E-state index contributed by atoms with van der Waals surface area (Å²) in [4.78, 5) is 8.66. The molecule has 0 saturated heterocycles. The van der Waals surface area contributed by atoms with Gasteiger partial charge in [0, 0.05) is 18.8 Å². The Morgan fingerprint density at radius 1 is 1.11 bits per heavy atom. The van der Waals surface area contributed by atoms with E-state index in [1.54, 1.807) is 54.5 Å². The van der Waals surface area contributed by atoms with E-state index >= 15 is 0 Å². The lowest BCUT2D eigenvalue weighted by atomic mass is 10.2. The molecule has 0 aliphatic carbocycles. The summed E-state index contributed by atoms with van der Waals surface area (Å²) in [6.45, 7) is 0. The Kier molecular flexibility index (Phi) is 4.47. The maximum atomic E-state index is 9.56. The van der Waals surface area contributed by atoms with Crippen LogP contribution in [0.5, 0.6) is 11.5 Å². The highest BCUT2D eigenvalue weighted by molar-refractivity contribution is 6.39. The fourth-order valence-electron chi connectivity index (χ4n) is 2.55. The molecule has 9 heteroatoms. The maximum Gasteiger partial charge on any atom is 0.247 e. The van der Waals surface area contributed by atoms with E-state index in [-0.39, 0.29) is 11.6 Å². The van der Waals surface area contributed by atoms with E-state index in [1.165, 1.54) is 6.20 Å². The number of nitrogens with zero attached hydrogens (tertiary/aromatic N) is 4. The molecule has 3 aromatic rings. The second kappa shape index (κ2) is 6.94. The predicted molar refractivity (Wildman–Crippen MR) is 105 cm³/mol. The van der Waals surface area contributed by atoms with Gasteiger partial charge in [-0.1, -0.05) is 35.3 Å². The molecule has 2 heterocycles. The molecule has 4 rings (SSSR count). The van der Waals surface area contributed by atoms with Gasteiger partial charge in [0.1, 0.15) is 5.75 Å². The first-order valence-electron chi connectivity index (χ1n) is 7.89. The minimum Gasteiger partial charge on any atom is -0.508 e. The number of halogens is 2. The van der Waals surface area contributed by atoms with Gasteiger partial charge in [0.2, 0.25) is 11.8 Å². The van der Waals surface area contributed by atoms with Gasteiger partial charge in [0.05, 0.1) is 21.8 Å². The normalized spacial score (nSPS) is 12.9. The molecule has 0 unspecified atom stereocenters. The van der Waals surface area contributed by atoms with Crippen LogP contribution in [0.2, 0.25) is 10.0 Å². The van der Waals surface area contributed by atoms with Crippen molar-refractivity contribution >= 4 is 46.6 Å². The zero-order valence-corrected chi connectivity index (χ0v) is 15.5. The summed E-state index contributed by atoms with van der Waals surface area (Å²) >= 11 is 12.5. The summed E-state index contributed by atoms with van der Waals surface area (Å²) < 4.78 is 5.82. The molecule has 0 bridgehead atoms. The highest BCUT2D eigenvalue weighted by atomic mass is 35.5. The van der Waals surface area contributed by atoms with Crippen LogP contribution in [0, 0.1) is 0 Å². The van der Waals surface area contributed by atoms with E-state index in [0.717, 1.165) is 0 Å². The quantitative estimate of drug-likeness (QED) is 0.675. The Morgan fingerprint density at radius 2 is 1.85 bits per heavy atom. The van der Waals surface area contributed by atoms with E-state index in [4.69, 9.17) is 27.9 Å². The molecule has 7 nitrogen and oxygen atoms in total. The average Bonchev–Trinajstić information content (AvgIpc) is 2.62. The van der Waals surface area contributed by atoms with Crippen LogP contribution in [0.4, 0.5) is 17.5 Å². The van der Waals surface area contributed by atoms with Crippen LogP contribution in [0.15, 0.2) is 53.8 Å². The summed E-state index contributed by atoms with van der Waals surface area (Å²) in [5.74, 6) is 1.63. The standard InChI is InChI=1S/C18H13Cl2N5O2/c1-25-16-14(27-17(24-25)15-12(19)6-3-7-13(15)20)9-21-18(23-16)22-10-4-2-5-11(26)8-10/h2-9,26H,1H3,(H,21,22,23). The zero-order chi connectivity index (χ0) is 19.0. The van der Waals surface area contributed by atoms with Crippen molar-refractivity contribution in [1.82, 2.24) is 9.97 Å². The van der Waals surface area contributed by atoms with Gasteiger partial charge >= 0.3 is 0 Å². The van der Waals surface area contributed by atoms with Gasteiger partial charge in [0.15, 0.2) is 11.6 Å². The molecule has 27 heavy (non-hydrogen) atoms. The van der Waals surface area contributed by atoms with Gasteiger partial charge < -0.3 is 15.2 Å². The van der Waals surface area contributed by atoms with Crippen molar-refractivity contribution in [3.63, 3.8) is 0 Å². The number of aromatic hydroxyl groups is 1. The van der Waals surface area contributed by atoms with Crippen molar-refractivity contribution < 1.29 is 9.84 Å². The summed E-state index contributed by atoms with van der Waals surface area (Å²) in [5.41, 5.74) is 1.15. The van der Waals surface area contributed by atoms with E-state index in [2.05, 4.69) is 20.4 Å². The number of hydrazone groups is 1. The van der Waals surface area contributed by atoms with Gasteiger partial charge in [-0.3, -0.25) is 0 Å².